The highest BCUT2D eigenvalue weighted by Gasteiger charge is 1.96. The van der Waals surface area contributed by atoms with Gasteiger partial charge in [0.25, 0.3) is 0 Å². The molecule has 0 heteroatoms. The number of allylic oxidation sites excluding steroid dienone is 1. The maximum Gasteiger partial charge on any atom is -0.0353 e. The van der Waals surface area contributed by atoms with Crippen LogP contribution in [0.2, 0.25) is 0 Å². The summed E-state index contributed by atoms with van der Waals surface area (Å²) in [6, 6.07) is 0. The Balaban J connectivity index is 2.97. The molecule has 0 atom stereocenters. The molecule has 0 radical (unpaired) electrons. The molecule has 0 aromatic rings. The molecule has 0 spiro atoms. The third-order valence-corrected chi connectivity index (χ3v) is 5.19. The van der Waals surface area contributed by atoms with Crippen molar-refractivity contribution in [3.8, 4) is 0 Å². The van der Waals surface area contributed by atoms with Gasteiger partial charge in [-0.2, -0.15) is 0 Å². The van der Waals surface area contributed by atoms with Crippen molar-refractivity contribution in [2.75, 3.05) is 0 Å². The van der Waals surface area contributed by atoms with Crippen LogP contribution in [0.3, 0.4) is 0 Å². The topological polar surface area (TPSA) is 0 Å². The van der Waals surface area contributed by atoms with E-state index in [9.17, 15) is 0 Å². The van der Waals surface area contributed by atoms with E-state index in [0.29, 0.717) is 0 Å². The zero-order valence-electron chi connectivity index (χ0n) is 17.3. The second-order valence-electron chi connectivity index (χ2n) is 8.27. The van der Waals surface area contributed by atoms with Gasteiger partial charge in [-0.3, -0.25) is 0 Å². The van der Waals surface area contributed by atoms with Gasteiger partial charge >= 0.3 is 0 Å². The smallest absolute Gasteiger partial charge is 0.0353 e. The summed E-state index contributed by atoms with van der Waals surface area (Å²) in [7, 11) is 0. The van der Waals surface area contributed by atoms with Crippen LogP contribution in [0, 0.1) is 5.92 Å². The van der Waals surface area contributed by atoms with Crippen molar-refractivity contribution in [3.63, 3.8) is 0 Å². The molecule has 24 heavy (non-hydrogen) atoms. The summed E-state index contributed by atoms with van der Waals surface area (Å²) in [5.74, 6) is 0.896. The van der Waals surface area contributed by atoms with Crippen molar-refractivity contribution in [1.82, 2.24) is 0 Å². The predicted molar refractivity (Wildman–Crippen MR) is 113 cm³/mol. The maximum absolute atomic E-state index is 3.78. The molecule has 0 bridgehead atoms. The van der Waals surface area contributed by atoms with Gasteiger partial charge in [-0.05, 0) is 18.8 Å². The van der Waals surface area contributed by atoms with Gasteiger partial charge in [-0.1, -0.05) is 129 Å². The molecule has 0 unspecified atom stereocenters. The highest BCUT2D eigenvalue weighted by molar-refractivity contribution is 4.65. The molecule has 144 valence electrons. The predicted octanol–water partition coefficient (Wildman–Crippen LogP) is 9.24. The van der Waals surface area contributed by atoms with E-state index >= 15 is 0 Å². The van der Waals surface area contributed by atoms with Crippen LogP contribution in [0.5, 0.6) is 0 Å². The van der Waals surface area contributed by atoms with Crippen molar-refractivity contribution in [2.24, 2.45) is 5.92 Å². The summed E-state index contributed by atoms with van der Waals surface area (Å²) in [5.41, 5.74) is 0. The first kappa shape index (κ1) is 23.7. The Morgan fingerprint density at radius 2 is 0.792 bits per heavy atom. The van der Waals surface area contributed by atoms with Crippen LogP contribution in [0.25, 0.3) is 0 Å². The van der Waals surface area contributed by atoms with Gasteiger partial charge in [0, 0.05) is 0 Å². The molecule has 0 amide bonds. The van der Waals surface area contributed by atoms with Crippen LogP contribution in [0.15, 0.2) is 12.7 Å². The van der Waals surface area contributed by atoms with Gasteiger partial charge in [0.05, 0.1) is 0 Å². The first-order valence-electron chi connectivity index (χ1n) is 11.4. The Labute approximate surface area is 154 Å². The van der Waals surface area contributed by atoms with E-state index in [4.69, 9.17) is 0 Å². The lowest BCUT2D eigenvalue weighted by Crippen LogP contribution is -1.87. The van der Waals surface area contributed by atoms with Crippen molar-refractivity contribution in [3.05, 3.63) is 12.7 Å². The van der Waals surface area contributed by atoms with E-state index in [2.05, 4.69) is 20.4 Å². The van der Waals surface area contributed by atoms with Gasteiger partial charge in [-0.15, -0.1) is 6.58 Å². The van der Waals surface area contributed by atoms with Crippen LogP contribution < -0.4 is 0 Å². The molecule has 0 aliphatic carbocycles. The summed E-state index contributed by atoms with van der Waals surface area (Å²) >= 11 is 0. The molecule has 0 heterocycles. The summed E-state index contributed by atoms with van der Waals surface area (Å²) in [5, 5.41) is 0. The zero-order chi connectivity index (χ0) is 17.7. The second kappa shape index (κ2) is 20.8. The summed E-state index contributed by atoms with van der Waals surface area (Å²) < 4.78 is 0. The van der Waals surface area contributed by atoms with Gasteiger partial charge < -0.3 is 0 Å². The van der Waals surface area contributed by atoms with E-state index < -0.39 is 0 Å². The Kier molecular flexibility index (Phi) is 20.6. The zero-order valence-corrected chi connectivity index (χ0v) is 17.3. The van der Waals surface area contributed by atoms with Gasteiger partial charge in [-0.25, -0.2) is 0 Å². The Bertz CT molecular complexity index is 228. The Morgan fingerprint density at radius 3 is 1.08 bits per heavy atom. The molecule has 0 aliphatic rings. The third-order valence-electron chi connectivity index (χ3n) is 5.19. The fourth-order valence-corrected chi connectivity index (χ4v) is 3.49. The number of unbranched alkanes of at least 4 members (excludes halogenated alkanes) is 17. The van der Waals surface area contributed by atoms with Crippen LogP contribution in [0.4, 0.5) is 0 Å². The number of hydrogen-bond donors (Lipinski definition) is 0. The average Bonchev–Trinajstić information content (AvgIpc) is 2.56. The minimum atomic E-state index is 0.896. The van der Waals surface area contributed by atoms with Gasteiger partial charge in [0.2, 0.25) is 0 Å². The van der Waals surface area contributed by atoms with Crippen molar-refractivity contribution < 1.29 is 0 Å². The second-order valence-corrected chi connectivity index (χ2v) is 8.27. The molecule has 0 saturated heterocycles. The normalized spacial score (nSPS) is 11.3. The highest BCUT2D eigenvalue weighted by Crippen LogP contribution is 2.15. The van der Waals surface area contributed by atoms with Crippen LogP contribution in [0.1, 0.15) is 136 Å². The molecule has 0 saturated carbocycles. The molecule has 0 aliphatic heterocycles. The molecule has 0 N–H and O–H groups in total. The highest BCUT2D eigenvalue weighted by atomic mass is 14.0. The lowest BCUT2D eigenvalue weighted by atomic mass is 10.0. The van der Waals surface area contributed by atoms with Crippen LogP contribution in [-0.4, -0.2) is 0 Å². The molecule has 0 nitrogen and oxygen atoms in total. The number of hydrogen-bond acceptors (Lipinski definition) is 0. The van der Waals surface area contributed by atoms with Crippen LogP contribution >= 0.6 is 0 Å². The lowest BCUT2D eigenvalue weighted by molar-refractivity contribution is 0.501. The first-order chi connectivity index (χ1) is 11.8. The van der Waals surface area contributed by atoms with Gasteiger partial charge in [0.15, 0.2) is 0 Å². The number of rotatable bonds is 20. The maximum atomic E-state index is 3.78. The minimum Gasteiger partial charge on any atom is -0.103 e. The third kappa shape index (κ3) is 21.7. The minimum absolute atomic E-state index is 0.896. The average molecular weight is 337 g/mol. The molecule has 0 aromatic heterocycles. The standard InChI is InChI=1S/C24H48/c1-4-5-6-7-8-9-10-11-12-13-14-15-16-17-18-19-20-21-22-23-24(2)3/h4,24H,1,5-23H2,2-3H3. The Morgan fingerprint density at radius 1 is 0.500 bits per heavy atom. The van der Waals surface area contributed by atoms with E-state index in [1.165, 1.54) is 122 Å². The summed E-state index contributed by atoms with van der Waals surface area (Å²) in [6.45, 7) is 8.46. The molecular weight excluding hydrogens is 288 g/mol. The van der Waals surface area contributed by atoms with E-state index in [1.807, 2.05) is 6.08 Å². The van der Waals surface area contributed by atoms with E-state index in [0.717, 1.165) is 5.92 Å². The van der Waals surface area contributed by atoms with E-state index in [1.54, 1.807) is 0 Å². The largest absolute Gasteiger partial charge is 0.103 e. The quantitative estimate of drug-likeness (QED) is 0.153. The first-order valence-corrected chi connectivity index (χ1v) is 11.4. The van der Waals surface area contributed by atoms with Crippen molar-refractivity contribution in [1.29, 1.82) is 0 Å². The summed E-state index contributed by atoms with van der Waals surface area (Å²) in [4.78, 5) is 0. The monoisotopic (exact) mass is 336 g/mol. The van der Waals surface area contributed by atoms with E-state index in [-0.39, 0.29) is 0 Å². The molecule has 0 rings (SSSR count). The van der Waals surface area contributed by atoms with Crippen LogP contribution in [-0.2, 0) is 0 Å². The van der Waals surface area contributed by atoms with Crippen molar-refractivity contribution >= 4 is 0 Å². The molecule has 0 fully saturated rings. The van der Waals surface area contributed by atoms with Gasteiger partial charge in [0.1, 0.15) is 0 Å². The SMILES string of the molecule is C=CCCCCCCCCCCCCCCCCCCCC(C)C. The lowest BCUT2D eigenvalue weighted by Gasteiger charge is -2.05. The molecular formula is C24H48. The Hall–Kier alpha value is -0.260. The fourth-order valence-electron chi connectivity index (χ4n) is 3.49. The molecule has 0 aromatic carbocycles. The fraction of sp³-hybridized carbons (Fsp3) is 0.917. The van der Waals surface area contributed by atoms with Crippen molar-refractivity contribution in [2.45, 2.75) is 136 Å². The summed E-state index contributed by atoms with van der Waals surface area (Å²) in [6.07, 6.45) is 29.5.